The Hall–Kier alpha value is -0.780. The maximum atomic E-state index is 2.37. The first-order valence-electron chi connectivity index (χ1n) is 5.67. The minimum Gasteiger partial charge on any atom is -0.0859 e. The van der Waals surface area contributed by atoms with Gasteiger partial charge in [-0.1, -0.05) is 42.9 Å². The second-order valence-corrected chi connectivity index (χ2v) is 4.55. The van der Waals surface area contributed by atoms with Crippen molar-refractivity contribution in [2.45, 2.75) is 40.0 Å². The van der Waals surface area contributed by atoms with Gasteiger partial charge in [-0.2, -0.15) is 0 Å². The molecule has 0 saturated carbocycles. The summed E-state index contributed by atoms with van der Waals surface area (Å²) in [6.07, 6.45) is 15.1. The Morgan fingerprint density at radius 2 is 2.21 bits per heavy atom. The molecule has 0 bridgehead atoms. The van der Waals surface area contributed by atoms with Crippen LogP contribution in [0, 0.1) is 11.8 Å². The third kappa shape index (κ3) is 3.95. The van der Waals surface area contributed by atoms with Crippen LogP contribution in [-0.2, 0) is 0 Å². The van der Waals surface area contributed by atoms with Crippen molar-refractivity contribution in [3.05, 3.63) is 36.0 Å². The van der Waals surface area contributed by atoms with E-state index in [2.05, 4.69) is 51.2 Å². The molecule has 0 saturated heterocycles. The normalized spacial score (nSPS) is 22.1. The Morgan fingerprint density at radius 3 is 2.79 bits per heavy atom. The van der Waals surface area contributed by atoms with Crippen LogP contribution in [0.25, 0.3) is 0 Å². The van der Waals surface area contributed by atoms with Gasteiger partial charge in [-0.25, -0.2) is 0 Å². The molecule has 0 heterocycles. The molecule has 0 N–H and O–H groups in total. The molecule has 0 spiro atoms. The van der Waals surface area contributed by atoms with E-state index in [0.29, 0.717) is 0 Å². The summed E-state index contributed by atoms with van der Waals surface area (Å²) in [5.74, 6) is 1.58. The molecule has 78 valence electrons. The number of allylic oxidation sites excluding steroid dienone is 6. The summed E-state index contributed by atoms with van der Waals surface area (Å²) in [5.41, 5.74) is 1.44. The highest BCUT2D eigenvalue weighted by Gasteiger charge is 2.13. The van der Waals surface area contributed by atoms with Gasteiger partial charge in [-0.15, -0.1) is 0 Å². The Morgan fingerprint density at radius 1 is 1.43 bits per heavy atom. The van der Waals surface area contributed by atoms with Crippen molar-refractivity contribution < 1.29 is 0 Å². The zero-order chi connectivity index (χ0) is 10.4. The summed E-state index contributed by atoms with van der Waals surface area (Å²) in [7, 11) is 0. The Bertz CT molecular complexity index is 239. The van der Waals surface area contributed by atoms with Crippen LogP contribution >= 0.6 is 0 Å². The number of rotatable bonds is 4. The van der Waals surface area contributed by atoms with E-state index in [1.165, 1.54) is 24.8 Å². The van der Waals surface area contributed by atoms with Crippen molar-refractivity contribution in [1.29, 1.82) is 0 Å². The van der Waals surface area contributed by atoms with Gasteiger partial charge in [0, 0.05) is 0 Å². The second kappa shape index (κ2) is 5.85. The van der Waals surface area contributed by atoms with Crippen LogP contribution < -0.4 is 0 Å². The molecule has 0 radical (unpaired) electrons. The van der Waals surface area contributed by atoms with E-state index in [1.807, 2.05) is 0 Å². The average molecular weight is 190 g/mol. The maximum absolute atomic E-state index is 2.37. The molecule has 0 aliphatic heterocycles. The van der Waals surface area contributed by atoms with Crippen LogP contribution in [0.5, 0.6) is 0 Å². The predicted molar refractivity (Wildman–Crippen MR) is 64.2 cm³/mol. The second-order valence-electron chi connectivity index (χ2n) is 4.55. The van der Waals surface area contributed by atoms with Gasteiger partial charge in [-0.3, -0.25) is 0 Å². The first-order valence-corrected chi connectivity index (χ1v) is 5.67. The van der Waals surface area contributed by atoms with Gasteiger partial charge < -0.3 is 0 Å². The lowest BCUT2D eigenvalue weighted by atomic mass is 9.85. The molecular formula is C14H22. The minimum atomic E-state index is 0.769. The first kappa shape index (κ1) is 11.3. The van der Waals surface area contributed by atoms with Gasteiger partial charge in [0.2, 0.25) is 0 Å². The molecule has 0 amide bonds. The van der Waals surface area contributed by atoms with Crippen molar-refractivity contribution in [1.82, 2.24) is 0 Å². The monoisotopic (exact) mass is 190 g/mol. The maximum Gasteiger partial charge on any atom is -0.0170 e. The Labute approximate surface area is 88.4 Å². The number of hydrogen-bond donors (Lipinski definition) is 0. The standard InChI is InChI=1S/C14H22/c1-12(2)8-7-9-13(3)14-10-5-4-6-11-14/h4-6,8,10,13-14H,7,9,11H2,1-3H3. The molecule has 0 aromatic heterocycles. The summed E-state index contributed by atoms with van der Waals surface area (Å²) in [4.78, 5) is 0. The lowest BCUT2D eigenvalue weighted by Gasteiger charge is -2.20. The molecule has 2 atom stereocenters. The van der Waals surface area contributed by atoms with Crippen LogP contribution in [0.15, 0.2) is 36.0 Å². The van der Waals surface area contributed by atoms with Crippen LogP contribution in [0.3, 0.4) is 0 Å². The highest BCUT2D eigenvalue weighted by Crippen LogP contribution is 2.24. The van der Waals surface area contributed by atoms with Crippen LogP contribution in [0.2, 0.25) is 0 Å². The van der Waals surface area contributed by atoms with Crippen LogP contribution in [-0.4, -0.2) is 0 Å². The molecule has 14 heavy (non-hydrogen) atoms. The quantitative estimate of drug-likeness (QED) is 0.572. The molecule has 2 unspecified atom stereocenters. The SMILES string of the molecule is CC(C)=CCCC(C)C1C=CC=CC1. The topological polar surface area (TPSA) is 0 Å². The molecule has 0 heteroatoms. The summed E-state index contributed by atoms with van der Waals surface area (Å²) in [5, 5.41) is 0. The van der Waals surface area contributed by atoms with Crippen LogP contribution in [0.1, 0.15) is 40.0 Å². The summed E-state index contributed by atoms with van der Waals surface area (Å²) >= 11 is 0. The zero-order valence-electron chi connectivity index (χ0n) is 9.66. The summed E-state index contributed by atoms with van der Waals surface area (Å²) in [6.45, 7) is 6.72. The fourth-order valence-corrected chi connectivity index (χ4v) is 1.87. The third-order valence-corrected chi connectivity index (χ3v) is 2.92. The van der Waals surface area contributed by atoms with Gasteiger partial charge in [0.05, 0.1) is 0 Å². The van der Waals surface area contributed by atoms with Crippen molar-refractivity contribution in [2.24, 2.45) is 11.8 Å². The highest BCUT2D eigenvalue weighted by molar-refractivity contribution is 5.11. The van der Waals surface area contributed by atoms with E-state index in [0.717, 1.165) is 11.8 Å². The van der Waals surface area contributed by atoms with E-state index < -0.39 is 0 Å². The van der Waals surface area contributed by atoms with Crippen molar-refractivity contribution in [3.8, 4) is 0 Å². The fourth-order valence-electron chi connectivity index (χ4n) is 1.87. The zero-order valence-corrected chi connectivity index (χ0v) is 9.66. The molecule has 1 aliphatic rings. The van der Waals surface area contributed by atoms with Crippen molar-refractivity contribution in [2.75, 3.05) is 0 Å². The molecule has 0 aromatic carbocycles. The Balaban J connectivity index is 2.28. The molecule has 0 fully saturated rings. The fraction of sp³-hybridized carbons (Fsp3) is 0.571. The average Bonchev–Trinajstić information content (AvgIpc) is 2.18. The smallest absolute Gasteiger partial charge is 0.0170 e. The van der Waals surface area contributed by atoms with Crippen molar-refractivity contribution in [3.63, 3.8) is 0 Å². The molecule has 1 rings (SSSR count). The summed E-state index contributed by atoms with van der Waals surface area (Å²) in [6, 6.07) is 0. The van der Waals surface area contributed by atoms with E-state index in [9.17, 15) is 0 Å². The Kier molecular flexibility index (Phi) is 4.72. The third-order valence-electron chi connectivity index (χ3n) is 2.92. The van der Waals surface area contributed by atoms with Gasteiger partial charge in [0.25, 0.3) is 0 Å². The lowest BCUT2D eigenvalue weighted by molar-refractivity contribution is 0.404. The van der Waals surface area contributed by atoms with Crippen molar-refractivity contribution >= 4 is 0 Å². The molecule has 0 aromatic rings. The largest absolute Gasteiger partial charge is 0.0859 e. The summed E-state index contributed by atoms with van der Waals surface area (Å²) < 4.78 is 0. The van der Waals surface area contributed by atoms with Gasteiger partial charge in [0.15, 0.2) is 0 Å². The minimum absolute atomic E-state index is 0.769. The van der Waals surface area contributed by atoms with E-state index >= 15 is 0 Å². The van der Waals surface area contributed by atoms with Gasteiger partial charge >= 0.3 is 0 Å². The van der Waals surface area contributed by atoms with Gasteiger partial charge in [-0.05, 0) is 44.9 Å². The predicted octanol–water partition coefficient (Wildman–Crippen LogP) is 4.50. The van der Waals surface area contributed by atoms with Crippen LogP contribution in [0.4, 0.5) is 0 Å². The molecule has 0 nitrogen and oxygen atoms in total. The molecule has 1 aliphatic carbocycles. The van der Waals surface area contributed by atoms with Gasteiger partial charge in [0.1, 0.15) is 0 Å². The number of hydrogen-bond acceptors (Lipinski definition) is 0. The lowest BCUT2D eigenvalue weighted by Crippen LogP contribution is -2.09. The first-order chi connectivity index (χ1) is 6.70. The highest BCUT2D eigenvalue weighted by atomic mass is 14.2. The van der Waals surface area contributed by atoms with E-state index in [4.69, 9.17) is 0 Å². The van der Waals surface area contributed by atoms with E-state index in [1.54, 1.807) is 0 Å². The molecular weight excluding hydrogens is 168 g/mol. The van der Waals surface area contributed by atoms with E-state index in [-0.39, 0.29) is 0 Å².